The van der Waals surface area contributed by atoms with Gasteiger partial charge in [0.15, 0.2) is 5.76 Å². The first-order valence-corrected chi connectivity index (χ1v) is 10.5. The van der Waals surface area contributed by atoms with Crippen molar-refractivity contribution in [1.29, 1.82) is 0 Å². The second-order valence-corrected chi connectivity index (χ2v) is 7.66. The molecule has 1 heterocycles. The van der Waals surface area contributed by atoms with Crippen molar-refractivity contribution in [2.75, 3.05) is 11.1 Å². The zero-order valence-corrected chi connectivity index (χ0v) is 17.6. The Labute approximate surface area is 187 Å². The van der Waals surface area contributed by atoms with Crippen LogP contribution >= 0.6 is 0 Å². The van der Waals surface area contributed by atoms with Gasteiger partial charge in [-0.1, -0.05) is 66.7 Å². The van der Waals surface area contributed by atoms with E-state index in [0.717, 1.165) is 16.7 Å². The highest BCUT2D eigenvalue weighted by Gasteiger charge is 2.29. The molecule has 0 bridgehead atoms. The first kappa shape index (κ1) is 21.6. The van der Waals surface area contributed by atoms with Gasteiger partial charge in [0.2, 0.25) is 6.29 Å². The smallest absolute Gasteiger partial charge is 0.290 e. The standard InChI is InChI=1S/C26H26N2O4/c27-22-8-4-5-9-23(22)28-26(30)24-14-21(20-6-2-1-3-7-20)15-25(32-24)31-17-19-12-10-18(16-29)11-13-19/h1-14,21,25,29H,15-17,27H2,(H,28,30)/t21-,25+/m0/s1. The van der Waals surface area contributed by atoms with Crippen molar-refractivity contribution in [1.82, 2.24) is 0 Å². The minimum atomic E-state index is -0.586. The van der Waals surface area contributed by atoms with Gasteiger partial charge in [0.25, 0.3) is 5.91 Å². The summed E-state index contributed by atoms with van der Waals surface area (Å²) >= 11 is 0. The van der Waals surface area contributed by atoms with E-state index in [-0.39, 0.29) is 24.2 Å². The molecule has 4 N–H and O–H groups in total. The molecule has 0 fully saturated rings. The van der Waals surface area contributed by atoms with E-state index in [1.807, 2.05) is 72.8 Å². The molecule has 2 atom stereocenters. The summed E-state index contributed by atoms with van der Waals surface area (Å²) in [7, 11) is 0. The van der Waals surface area contributed by atoms with Crippen molar-refractivity contribution < 1.29 is 19.4 Å². The van der Waals surface area contributed by atoms with Crippen LogP contribution < -0.4 is 11.1 Å². The molecule has 32 heavy (non-hydrogen) atoms. The van der Waals surface area contributed by atoms with Crippen LogP contribution in [0.1, 0.15) is 29.0 Å². The van der Waals surface area contributed by atoms with Crippen LogP contribution in [0.25, 0.3) is 0 Å². The molecule has 6 heteroatoms. The van der Waals surface area contributed by atoms with Gasteiger partial charge in [-0.3, -0.25) is 4.79 Å². The number of aliphatic hydroxyl groups excluding tert-OH is 1. The number of hydrogen-bond acceptors (Lipinski definition) is 5. The van der Waals surface area contributed by atoms with Crippen LogP contribution in [0.3, 0.4) is 0 Å². The summed E-state index contributed by atoms with van der Waals surface area (Å²) in [6.07, 6.45) is 1.83. The van der Waals surface area contributed by atoms with Crippen molar-refractivity contribution in [3.05, 3.63) is 107 Å². The summed E-state index contributed by atoms with van der Waals surface area (Å²) in [4.78, 5) is 12.9. The van der Waals surface area contributed by atoms with Gasteiger partial charge < -0.3 is 25.6 Å². The number of amides is 1. The van der Waals surface area contributed by atoms with E-state index >= 15 is 0 Å². The molecular weight excluding hydrogens is 404 g/mol. The van der Waals surface area contributed by atoms with Gasteiger partial charge in [0, 0.05) is 12.3 Å². The number of benzene rings is 3. The van der Waals surface area contributed by atoms with Crippen molar-refractivity contribution in [3.8, 4) is 0 Å². The molecule has 0 unspecified atom stereocenters. The van der Waals surface area contributed by atoms with Gasteiger partial charge in [0.05, 0.1) is 24.6 Å². The molecule has 0 radical (unpaired) electrons. The minimum Gasteiger partial charge on any atom is -0.459 e. The number of hydrogen-bond donors (Lipinski definition) is 3. The Balaban J connectivity index is 1.50. The quantitative estimate of drug-likeness (QED) is 0.485. The van der Waals surface area contributed by atoms with Gasteiger partial charge in [0.1, 0.15) is 0 Å². The number of carbonyl (C=O) groups is 1. The highest BCUT2D eigenvalue weighted by Crippen LogP contribution is 2.32. The highest BCUT2D eigenvalue weighted by atomic mass is 16.7. The molecule has 3 aromatic carbocycles. The largest absolute Gasteiger partial charge is 0.459 e. The Morgan fingerprint density at radius 2 is 1.69 bits per heavy atom. The van der Waals surface area contributed by atoms with Crippen LogP contribution in [0.15, 0.2) is 90.7 Å². The number of para-hydroxylation sites is 2. The molecule has 0 spiro atoms. The lowest BCUT2D eigenvalue weighted by Gasteiger charge is -2.29. The summed E-state index contributed by atoms with van der Waals surface area (Å²) in [5.41, 5.74) is 9.86. The molecule has 0 saturated heterocycles. The maximum Gasteiger partial charge on any atom is 0.290 e. The Morgan fingerprint density at radius 1 is 1.00 bits per heavy atom. The van der Waals surface area contributed by atoms with Crippen molar-refractivity contribution in [2.45, 2.75) is 31.8 Å². The van der Waals surface area contributed by atoms with Crippen molar-refractivity contribution in [2.24, 2.45) is 0 Å². The molecular formula is C26H26N2O4. The van der Waals surface area contributed by atoms with Crippen molar-refractivity contribution >= 4 is 17.3 Å². The second-order valence-electron chi connectivity index (χ2n) is 7.66. The minimum absolute atomic E-state index is 0.000817. The van der Waals surface area contributed by atoms with Gasteiger partial charge in [-0.15, -0.1) is 0 Å². The summed E-state index contributed by atoms with van der Waals surface area (Å²) in [6.45, 7) is 0.333. The normalized spacial score (nSPS) is 17.8. The van der Waals surface area contributed by atoms with Crippen LogP contribution in [0.2, 0.25) is 0 Å². The molecule has 0 saturated carbocycles. The number of allylic oxidation sites excluding steroid dienone is 1. The molecule has 4 rings (SSSR count). The molecule has 164 valence electrons. The molecule has 1 aliphatic rings. The average Bonchev–Trinajstić information content (AvgIpc) is 2.85. The van der Waals surface area contributed by atoms with Gasteiger partial charge in [-0.2, -0.15) is 0 Å². The van der Waals surface area contributed by atoms with Crippen LogP contribution in [0, 0.1) is 0 Å². The molecule has 0 aliphatic carbocycles. The fourth-order valence-electron chi connectivity index (χ4n) is 3.58. The molecule has 3 aromatic rings. The van der Waals surface area contributed by atoms with Gasteiger partial charge >= 0.3 is 0 Å². The lowest BCUT2D eigenvalue weighted by molar-refractivity contribution is -0.147. The zero-order chi connectivity index (χ0) is 22.3. The number of nitrogen functional groups attached to an aromatic ring is 1. The van der Waals surface area contributed by atoms with Crippen molar-refractivity contribution in [3.63, 3.8) is 0 Å². The SMILES string of the molecule is Nc1ccccc1NC(=O)C1=C[C@H](c2ccccc2)C[C@H](OCc2ccc(CO)cc2)O1. The number of nitrogens with two attached hydrogens (primary N) is 1. The van der Waals surface area contributed by atoms with E-state index in [1.54, 1.807) is 12.1 Å². The third-order valence-electron chi connectivity index (χ3n) is 5.36. The van der Waals surface area contributed by atoms with E-state index in [1.165, 1.54) is 0 Å². The second kappa shape index (κ2) is 10.1. The summed E-state index contributed by atoms with van der Waals surface area (Å²) in [6, 6.07) is 24.6. The number of nitrogens with one attached hydrogen (secondary N) is 1. The number of ether oxygens (including phenoxy) is 2. The fourth-order valence-corrected chi connectivity index (χ4v) is 3.58. The Hall–Kier alpha value is -3.61. The first-order valence-electron chi connectivity index (χ1n) is 10.5. The third kappa shape index (κ3) is 5.35. The van der Waals surface area contributed by atoms with Gasteiger partial charge in [-0.05, 0) is 34.9 Å². The fraction of sp³-hybridized carbons (Fsp3) is 0.192. The lowest BCUT2D eigenvalue weighted by atomic mass is 9.93. The number of rotatable bonds is 7. The first-order chi connectivity index (χ1) is 15.6. The molecule has 0 aromatic heterocycles. The van der Waals surface area contributed by atoms with E-state index in [9.17, 15) is 9.90 Å². The maximum absolute atomic E-state index is 12.9. The summed E-state index contributed by atoms with van der Waals surface area (Å²) < 4.78 is 11.9. The number of aliphatic hydroxyl groups is 1. The van der Waals surface area contributed by atoms with Crippen LogP contribution in [-0.2, 0) is 27.5 Å². The van der Waals surface area contributed by atoms with Gasteiger partial charge in [-0.25, -0.2) is 0 Å². The van der Waals surface area contributed by atoms with E-state index in [2.05, 4.69) is 5.32 Å². The Bertz CT molecular complexity index is 1080. The van der Waals surface area contributed by atoms with Crippen LogP contribution in [0.4, 0.5) is 11.4 Å². The number of carbonyl (C=O) groups excluding carboxylic acids is 1. The predicted molar refractivity (Wildman–Crippen MR) is 123 cm³/mol. The zero-order valence-electron chi connectivity index (χ0n) is 17.6. The van der Waals surface area contributed by atoms with E-state index in [4.69, 9.17) is 15.2 Å². The molecule has 6 nitrogen and oxygen atoms in total. The predicted octanol–water partition coefficient (Wildman–Crippen LogP) is 4.33. The summed E-state index contributed by atoms with van der Waals surface area (Å²) in [5.74, 6) is -0.195. The van der Waals surface area contributed by atoms with E-state index < -0.39 is 6.29 Å². The Kier molecular flexibility index (Phi) is 6.84. The third-order valence-corrected chi connectivity index (χ3v) is 5.36. The topological polar surface area (TPSA) is 93.8 Å². The molecule has 1 aliphatic heterocycles. The number of anilines is 2. The maximum atomic E-state index is 12.9. The summed E-state index contributed by atoms with van der Waals surface area (Å²) in [5, 5.41) is 12.0. The highest BCUT2D eigenvalue weighted by molar-refractivity contribution is 6.04. The van der Waals surface area contributed by atoms with E-state index in [0.29, 0.717) is 24.4 Å². The van der Waals surface area contributed by atoms with Crippen LogP contribution in [0.5, 0.6) is 0 Å². The Morgan fingerprint density at radius 3 is 2.41 bits per heavy atom. The monoisotopic (exact) mass is 430 g/mol. The average molecular weight is 431 g/mol. The molecule has 1 amide bonds. The lowest BCUT2D eigenvalue weighted by Crippen LogP contribution is -2.29. The van der Waals surface area contributed by atoms with Crippen LogP contribution in [-0.4, -0.2) is 17.3 Å².